The van der Waals surface area contributed by atoms with Crippen LogP contribution in [-0.4, -0.2) is 37.1 Å². The van der Waals surface area contributed by atoms with Gasteiger partial charge in [0.15, 0.2) is 6.61 Å². The number of allylic oxidation sites excluding steroid dienone is 1. The summed E-state index contributed by atoms with van der Waals surface area (Å²) < 4.78 is 17.3. The number of aryl methyl sites for hydroxylation is 1. The summed E-state index contributed by atoms with van der Waals surface area (Å²) in [5.41, 5.74) is 3.25. The number of benzene rings is 2. The van der Waals surface area contributed by atoms with E-state index in [2.05, 4.69) is 4.74 Å². The van der Waals surface area contributed by atoms with Gasteiger partial charge in [0, 0.05) is 24.4 Å². The third-order valence-corrected chi connectivity index (χ3v) is 4.71. The Bertz CT molecular complexity index is 1080. The lowest BCUT2D eigenvalue weighted by Gasteiger charge is -2.09. The molecule has 0 amide bonds. The highest BCUT2D eigenvalue weighted by molar-refractivity contribution is 6.08. The molecule has 6 nitrogen and oxygen atoms in total. The van der Waals surface area contributed by atoms with Crippen molar-refractivity contribution in [1.82, 2.24) is 4.57 Å². The van der Waals surface area contributed by atoms with Crippen molar-refractivity contribution in [2.24, 2.45) is 0 Å². The molecular weight excluding hydrogens is 394 g/mol. The van der Waals surface area contributed by atoms with E-state index < -0.39 is 5.97 Å². The summed E-state index contributed by atoms with van der Waals surface area (Å²) in [7, 11) is 2.88. The average molecular weight is 419 g/mol. The Morgan fingerprint density at radius 1 is 1.00 bits per heavy atom. The molecule has 2 aromatic carbocycles. The van der Waals surface area contributed by atoms with Gasteiger partial charge >= 0.3 is 5.97 Å². The smallest absolute Gasteiger partial charge is 0.343 e. The number of rotatable bonds is 9. The zero-order valence-corrected chi connectivity index (χ0v) is 17.8. The molecule has 6 heteroatoms. The molecule has 0 aliphatic heterocycles. The van der Waals surface area contributed by atoms with Crippen LogP contribution in [0, 0.1) is 6.92 Å². The van der Waals surface area contributed by atoms with Gasteiger partial charge in [0.1, 0.15) is 11.5 Å². The van der Waals surface area contributed by atoms with Crippen molar-refractivity contribution in [3.05, 3.63) is 89.3 Å². The summed E-state index contributed by atoms with van der Waals surface area (Å²) in [6, 6.07) is 16.6. The topological polar surface area (TPSA) is 66.8 Å². The molecule has 0 saturated heterocycles. The monoisotopic (exact) mass is 419 g/mol. The first-order valence-corrected chi connectivity index (χ1v) is 9.82. The van der Waals surface area contributed by atoms with Gasteiger partial charge in [0.05, 0.1) is 19.9 Å². The van der Waals surface area contributed by atoms with E-state index in [0.717, 1.165) is 11.1 Å². The Morgan fingerprint density at radius 3 is 2.45 bits per heavy atom. The van der Waals surface area contributed by atoms with Gasteiger partial charge < -0.3 is 18.8 Å². The SMILES string of the molecule is COC(=O)COc1cc(C=CCn2cccc2C(=O)c2ccc(C)cc2)cc(OC)c1. The Hall–Kier alpha value is -3.80. The Labute approximate surface area is 181 Å². The summed E-state index contributed by atoms with van der Waals surface area (Å²) in [5.74, 6) is 0.635. The van der Waals surface area contributed by atoms with Crippen molar-refractivity contribution in [2.45, 2.75) is 13.5 Å². The first kappa shape index (κ1) is 21.9. The zero-order chi connectivity index (χ0) is 22.2. The van der Waals surface area contributed by atoms with Crippen LogP contribution in [0.3, 0.4) is 0 Å². The lowest BCUT2D eigenvalue weighted by molar-refractivity contribution is -0.142. The van der Waals surface area contributed by atoms with Gasteiger partial charge in [0.2, 0.25) is 5.78 Å². The Kier molecular flexibility index (Phi) is 7.27. The summed E-state index contributed by atoms with van der Waals surface area (Å²) in [6.07, 6.45) is 5.74. The van der Waals surface area contributed by atoms with Crippen molar-refractivity contribution in [2.75, 3.05) is 20.8 Å². The maximum absolute atomic E-state index is 12.8. The molecule has 0 aliphatic carbocycles. The van der Waals surface area contributed by atoms with E-state index >= 15 is 0 Å². The fraction of sp³-hybridized carbons (Fsp3) is 0.200. The van der Waals surface area contributed by atoms with Gasteiger partial charge in [-0.25, -0.2) is 4.79 Å². The number of hydrogen-bond acceptors (Lipinski definition) is 5. The highest BCUT2D eigenvalue weighted by atomic mass is 16.6. The van der Waals surface area contributed by atoms with Crippen molar-refractivity contribution < 1.29 is 23.8 Å². The minimum atomic E-state index is -0.460. The van der Waals surface area contributed by atoms with Crippen molar-refractivity contribution >= 4 is 17.8 Å². The fourth-order valence-electron chi connectivity index (χ4n) is 3.03. The Morgan fingerprint density at radius 2 is 1.74 bits per heavy atom. The van der Waals surface area contributed by atoms with Gasteiger partial charge in [0.25, 0.3) is 0 Å². The molecule has 0 aliphatic rings. The van der Waals surface area contributed by atoms with Crippen molar-refractivity contribution in [3.63, 3.8) is 0 Å². The summed E-state index contributed by atoms with van der Waals surface area (Å²) >= 11 is 0. The van der Waals surface area contributed by atoms with E-state index in [9.17, 15) is 9.59 Å². The molecule has 0 radical (unpaired) electrons. The summed E-state index contributed by atoms with van der Waals surface area (Å²) in [4.78, 5) is 24.1. The molecule has 0 bridgehead atoms. The quantitative estimate of drug-likeness (QED) is 0.382. The van der Waals surface area contributed by atoms with Crippen LogP contribution >= 0.6 is 0 Å². The predicted octanol–water partition coefficient (Wildman–Crippen LogP) is 4.30. The van der Waals surface area contributed by atoms with Gasteiger partial charge in [-0.3, -0.25) is 4.79 Å². The number of carbonyl (C=O) groups is 2. The van der Waals surface area contributed by atoms with E-state index in [1.807, 2.05) is 72.3 Å². The molecule has 0 atom stereocenters. The normalized spacial score (nSPS) is 10.8. The number of ether oxygens (including phenoxy) is 3. The van der Waals surface area contributed by atoms with Gasteiger partial charge in [-0.05, 0) is 36.8 Å². The standard InChI is InChI=1S/C25H25NO5/c1-18-8-10-20(11-9-18)25(28)23-7-5-13-26(23)12-4-6-19-14-21(29-2)16-22(15-19)31-17-24(27)30-3/h4-11,13-16H,12,17H2,1-3H3. The maximum Gasteiger partial charge on any atom is 0.343 e. The van der Waals surface area contributed by atoms with Gasteiger partial charge in [-0.15, -0.1) is 0 Å². The molecule has 0 unspecified atom stereocenters. The maximum atomic E-state index is 12.8. The van der Waals surface area contributed by atoms with E-state index in [0.29, 0.717) is 29.3 Å². The molecule has 31 heavy (non-hydrogen) atoms. The highest BCUT2D eigenvalue weighted by Crippen LogP contribution is 2.24. The molecule has 160 valence electrons. The number of aromatic nitrogens is 1. The van der Waals surface area contributed by atoms with Crippen LogP contribution in [0.5, 0.6) is 11.5 Å². The third-order valence-electron chi connectivity index (χ3n) is 4.71. The van der Waals surface area contributed by atoms with Crippen LogP contribution in [0.2, 0.25) is 0 Å². The second kappa shape index (κ2) is 10.3. The number of nitrogens with zero attached hydrogens (tertiary/aromatic N) is 1. The Balaban J connectivity index is 1.72. The lowest BCUT2D eigenvalue weighted by atomic mass is 10.1. The molecule has 0 fully saturated rings. The number of methoxy groups -OCH3 is 2. The second-order valence-electron chi connectivity index (χ2n) is 6.95. The highest BCUT2D eigenvalue weighted by Gasteiger charge is 2.12. The first-order valence-electron chi connectivity index (χ1n) is 9.82. The minimum absolute atomic E-state index is 0.0155. The van der Waals surface area contributed by atoms with E-state index in [1.165, 1.54) is 7.11 Å². The summed E-state index contributed by atoms with van der Waals surface area (Å²) in [5, 5.41) is 0. The van der Waals surface area contributed by atoms with Gasteiger partial charge in [-0.1, -0.05) is 42.0 Å². The zero-order valence-electron chi connectivity index (χ0n) is 17.8. The predicted molar refractivity (Wildman–Crippen MR) is 119 cm³/mol. The third kappa shape index (κ3) is 5.85. The van der Waals surface area contributed by atoms with Crippen molar-refractivity contribution in [3.8, 4) is 11.5 Å². The van der Waals surface area contributed by atoms with Gasteiger partial charge in [-0.2, -0.15) is 0 Å². The first-order chi connectivity index (χ1) is 15.0. The summed E-state index contributed by atoms with van der Waals surface area (Å²) in [6.45, 7) is 2.34. The van der Waals surface area contributed by atoms with E-state index in [-0.39, 0.29) is 12.4 Å². The molecule has 0 spiro atoms. The molecule has 0 saturated carbocycles. The number of ketones is 1. The van der Waals surface area contributed by atoms with Crippen molar-refractivity contribution in [1.29, 1.82) is 0 Å². The van der Waals surface area contributed by atoms with E-state index in [1.54, 1.807) is 19.2 Å². The lowest BCUT2D eigenvalue weighted by Crippen LogP contribution is -2.12. The fourth-order valence-corrected chi connectivity index (χ4v) is 3.03. The van der Waals surface area contributed by atoms with E-state index in [4.69, 9.17) is 9.47 Å². The molecule has 1 aromatic heterocycles. The van der Waals surface area contributed by atoms with Crippen LogP contribution in [0.15, 0.2) is 66.9 Å². The average Bonchev–Trinajstić information content (AvgIpc) is 3.25. The van der Waals surface area contributed by atoms with Crippen LogP contribution < -0.4 is 9.47 Å². The molecule has 3 aromatic rings. The molecular formula is C25H25NO5. The number of esters is 1. The van der Waals surface area contributed by atoms with Crippen LogP contribution in [0.4, 0.5) is 0 Å². The largest absolute Gasteiger partial charge is 0.497 e. The number of carbonyl (C=O) groups excluding carboxylic acids is 2. The molecule has 3 rings (SSSR count). The number of hydrogen-bond donors (Lipinski definition) is 0. The van der Waals surface area contributed by atoms with Crippen LogP contribution in [0.25, 0.3) is 6.08 Å². The minimum Gasteiger partial charge on any atom is -0.497 e. The second-order valence-corrected chi connectivity index (χ2v) is 6.95. The molecule has 0 N–H and O–H groups in total. The van der Waals surface area contributed by atoms with Crippen LogP contribution in [-0.2, 0) is 16.1 Å². The van der Waals surface area contributed by atoms with Crippen LogP contribution in [0.1, 0.15) is 27.2 Å². The molecule has 1 heterocycles.